The summed E-state index contributed by atoms with van der Waals surface area (Å²) in [5.74, 6) is 1.86. The highest BCUT2D eigenvalue weighted by atomic mass is 79.9. The lowest BCUT2D eigenvalue weighted by atomic mass is 10.2. The van der Waals surface area contributed by atoms with Gasteiger partial charge in [-0.25, -0.2) is 4.68 Å². The summed E-state index contributed by atoms with van der Waals surface area (Å²) in [6.07, 6.45) is 4.74. The van der Waals surface area contributed by atoms with Gasteiger partial charge in [0.2, 0.25) is 5.91 Å². The number of amides is 1. The van der Waals surface area contributed by atoms with E-state index in [1.165, 1.54) is 6.08 Å². The Balaban J connectivity index is 1.65. The van der Waals surface area contributed by atoms with Gasteiger partial charge in [0.1, 0.15) is 17.3 Å². The number of nitrogens with one attached hydrogen (secondary N) is 1. The van der Waals surface area contributed by atoms with Crippen LogP contribution in [-0.4, -0.2) is 15.7 Å². The van der Waals surface area contributed by atoms with Gasteiger partial charge in [0.05, 0.1) is 12.7 Å². The van der Waals surface area contributed by atoms with Crippen molar-refractivity contribution in [2.45, 2.75) is 13.5 Å². The number of nitrogens with zero attached hydrogens (tertiary/aromatic N) is 2. The molecule has 3 aromatic rings. The van der Waals surface area contributed by atoms with Crippen LogP contribution in [-0.2, 0) is 11.3 Å². The number of benzene rings is 1. The summed E-state index contributed by atoms with van der Waals surface area (Å²) < 4.78 is 8.16. The Morgan fingerprint density at radius 3 is 2.75 bits per heavy atom. The number of aromatic nitrogens is 2. The second kappa shape index (κ2) is 7.31. The molecule has 122 valence electrons. The van der Waals surface area contributed by atoms with Crippen molar-refractivity contribution >= 4 is 33.7 Å². The van der Waals surface area contributed by atoms with E-state index in [4.69, 9.17) is 4.42 Å². The average Bonchev–Trinajstić information content (AvgIpc) is 3.17. The highest BCUT2D eigenvalue weighted by Gasteiger charge is 2.06. The molecule has 2 aromatic heterocycles. The molecule has 1 amide bonds. The summed E-state index contributed by atoms with van der Waals surface area (Å²) in [7, 11) is 0. The van der Waals surface area contributed by atoms with Gasteiger partial charge < -0.3 is 9.73 Å². The third-order valence-electron chi connectivity index (χ3n) is 3.37. The van der Waals surface area contributed by atoms with Crippen LogP contribution in [0.5, 0.6) is 0 Å². The molecule has 24 heavy (non-hydrogen) atoms. The van der Waals surface area contributed by atoms with E-state index < -0.39 is 0 Å². The van der Waals surface area contributed by atoms with E-state index in [9.17, 15) is 4.79 Å². The lowest BCUT2D eigenvalue weighted by Crippen LogP contribution is -2.13. The van der Waals surface area contributed by atoms with Crippen LogP contribution >= 0.6 is 15.9 Å². The first-order valence-corrected chi connectivity index (χ1v) is 8.21. The highest BCUT2D eigenvalue weighted by Crippen LogP contribution is 2.14. The predicted molar refractivity (Wildman–Crippen MR) is 96.6 cm³/mol. The summed E-state index contributed by atoms with van der Waals surface area (Å²) in [6.45, 7) is 2.44. The molecule has 0 aliphatic carbocycles. The molecule has 0 aliphatic rings. The first-order chi connectivity index (χ1) is 11.6. The van der Waals surface area contributed by atoms with Crippen molar-refractivity contribution in [3.63, 3.8) is 0 Å². The second-order valence-corrected chi connectivity index (χ2v) is 6.19. The SMILES string of the molecule is Cc1ccc(C=CC(=O)Nc2ccnn2Cc2ccc(Br)cc2)o1. The van der Waals surface area contributed by atoms with E-state index in [1.54, 1.807) is 23.0 Å². The molecule has 0 saturated heterocycles. The Bertz CT molecular complexity index is 863. The summed E-state index contributed by atoms with van der Waals surface area (Å²) in [4.78, 5) is 12.1. The Hall–Kier alpha value is -2.60. The fourth-order valence-corrected chi connectivity index (χ4v) is 2.46. The second-order valence-electron chi connectivity index (χ2n) is 5.27. The van der Waals surface area contributed by atoms with Crippen molar-refractivity contribution in [1.29, 1.82) is 0 Å². The first kappa shape index (κ1) is 16.3. The molecule has 3 rings (SSSR count). The molecule has 1 aromatic carbocycles. The molecule has 0 atom stereocenters. The van der Waals surface area contributed by atoms with Crippen LogP contribution in [0.25, 0.3) is 6.08 Å². The number of furan rings is 1. The van der Waals surface area contributed by atoms with Gasteiger partial charge in [-0.05, 0) is 42.8 Å². The van der Waals surface area contributed by atoms with Crippen LogP contribution in [0.4, 0.5) is 5.82 Å². The summed E-state index contributed by atoms with van der Waals surface area (Å²) in [5, 5.41) is 7.08. The molecule has 0 saturated carbocycles. The fourth-order valence-electron chi connectivity index (χ4n) is 2.20. The van der Waals surface area contributed by atoms with Crippen molar-refractivity contribution in [3.8, 4) is 0 Å². The minimum atomic E-state index is -0.235. The van der Waals surface area contributed by atoms with E-state index in [1.807, 2.05) is 43.3 Å². The number of aryl methyl sites for hydroxylation is 1. The average molecular weight is 386 g/mol. The van der Waals surface area contributed by atoms with Crippen molar-refractivity contribution in [3.05, 3.63) is 76.3 Å². The first-order valence-electron chi connectivity index (χ1n) is 7.42. The number of halogens is 1. The minimum Gasteiger partial charge on any atom is -0.462 e. The van der Waals surface area contributed by atoms with E-state index in [-0.39, 0.29) is 5.91 Å². The number of rotatable bonds is 5. The Labute approximate surface area is 148 Å². The summed E-state index contributed by atoms with van der Waals surface area (Å²) in [5.41, 5.74) is 1.10. The van der Waals surface area contributed by atoms with Crippen LogP contribution in [0.1, 0.15) is 17.1 Å². The van der Waals surface area contributed by atoms with Crippen LogP contribution in [0, 0.1) is 6.92 Å². The van der Waals surface area contributed by atoms with Crippen LogP contribution < -0.4 is 5.32 Å². The largest absolute Gasteiger partial charge is 0.462 e. The van der Waals surface area contributed by atoms with Gasteiger partial charge in [0, 0.05) is 16.6 Å². The number of carbonyl (C=O) groups excluding carboxylic acids is 1. The van der Waals surface area contributed by atoms with E-state index >= 15 is 0 Å². The maximum Gasteiger partial charge on any atom is 0.249 e. The molecule has 0 fully saturated rings. The van der Waals surface area contributed by atoms with Gasteiger partial charge in [-0.3, -0.25) is 4.79 Å². The van der Waals surface area contributed by atoms with Crippen molar-refractivity contribution < 1.29 is 9.21 Å². The molecule has 6 heteroatoms. The molecular weight excluding hydrogens is 370 g/mol. The normalized spacial score (nSPS) is 11.1. The van der Waals surface area contributed by atoms with Gasteiger partial charge in [0.25, 0.3) is 0 Å². The smallest absolute Gasteiger partial charge is 0.249 e. The summed E-state index contributed by atoms with van der Waals surface area (Å²) in [6, 6.07) is 13.4. The molecule has 5 nitrogen and oxygen atoms in total. The van der Waals surface area contributed by atoms with E-state index in [2.05, 4.69) is 26.3 Å². The predicted octanol–water partition coefficient (Wildman–Crippen LogP) is 4.25. The van der Waals surface area contributed by atoms with Crippen molar-refractivity contribution in [2.75, 3.05) is 5.32 Å². The maximum atomic E-state index is 12.1. The van der Waals surface area contributed by atoms with Gasteiger partial charge in [-0.15, -0.1) is 0 Å². The molecule has 0 radical (unpaired) electrons. The van der Waals surface area contributed by atoms with E-state index in [0.29, 0.717) is 18.1 Å². The van der Waals surface area contributed by atoms with Crippen molar-refractivity contribution in [1.82, 2.24) is 9.78 Å². The van der Waals surface area contributed by atoms with Crippen LogP contribution in [0.3, 0.4) is 0 Å². The fraction of sp³-hybridized carbons (Fsp3) is 0.111. The van der Waals surface area contributed by atoms with Gasteiger partial charge in [-0.2, -0.15) is 5.10 Å². The Kier molecular flexibility index (Phi) is 4.96. The summed E-state index contributed by atoms with van der Waals surface area (Å²) >= 11 is 3.41. The molecule has 0 aliphatic heterocycles. The monoisotopic (exact) mass is 385 g/mol. The molecule has 1 N–H and O–H groups in total. The third kappa shape index (κ3) is 4.23. The lowest BCUT2D eigenvalue weighted by molar-refractivity contribution is -0.111. The quantitative estimate of drug-likeness (QED) is 0.667. The molecule has 2 heterocycles. The zero-order valence-corrected chi connectivity index (χ0v) is 14.7. The molecular formula is C18H16BrN3O2. The zero-order valence-electron chi connectivity index (χ0n) is 13.1. The van der Waals surface area contributed by atoms with Gasteiger partial charge in [0.15, 0.2) is 0 Å². The zero-order chi connectivity index (χ0) is 16.9. The van der Waals surface area contributed by atoms with Crippen molar-refractivity contribution in [2.24, 2.45) is 0 Å². The standard InChI is InChI=1S/C18H16BrN3O2/c1-13-2-7-16(24-13)8-9-18(23)21-17-10-11-20-22(17)12-14-3-5-15(19)6-4-14/h2-11H,12H2,1H3,(H,21,23). The van der Waals surface area contributed by atoms with Gasteiger partial charge >= 0.3 is 0 Å². The lowest BCUT2D eigenvalue weighted by Gasteiger charge is -2.08. The highest BCUT2D eigenvalue weighted by molar-refractivity contribution is 9.10. The van der Waals surface area contributed by atoms with Crippen LogP contribution in [0.2, 0.25) is 0 Å². The Morgan fingerprint density at radius 2 is 2.04 bits per heavy atom. The number of anilines is 1. The number of hydrogen-bond donors (Lipinski definition) is 1. The molecule has 0 spiro atoms. The maximum absolute atomic E-state index is 12.1. The minimum absolute atomic E-state index is 0.235. The molecule has 0 bridgehead atoms. The Morgan fingerprint density at radius 1 is 1.25 bits per heavy atom. The van der Waals surface area contributed by atoms with Gasteiger partial charge in [-0.1, -0.05) is 28.1 Å². The molecule has 0 unspecified atom stereocenters. The van der Waals surface area contributed by atoms with E-state index in [0.717, 1.165) is 15.8 Å². The third-order valence-corrected chi connectivity index (χ3v) is 3.90. The van der Waals surface area contributed by atoms with Crippen LogP contribution in [0.15, 0.2) is 63.6 Å². The topological polar surface area (TPSA) is 60.1 Å². The number of hydrogen-bond acceptors (Lipinski definition) is 3. The number of carbonyl (C=O) groups is 1.